The molecular weight excluding hydrogens is 230 g/mol. The SMILES string of the molecule is CCC(N)(CO)CCCOc1ccc(CO)cc1. The first-order valence-electron chi connectivity index (χ1n) is 6.36. The summed E-state index contributed by atoms with van der Waals surface area (Å²) in [5, 5.41) is 18.1. The first kappa shape index (κ1) is 15.0. The molecule has 0 bridgehead atoms. The lowest BCUT2D eigenvalue weighted by Crippen LogP contribution is -2.43. The van der Waals surface area contributed by atoms with E-state index in [-0.39, 0.29) is 13.2 Å². The first-order chi connectivity index (χ1) is 8.63. The summed E-state index contributed by atoms with van der Waals surface area (Å²) in [7, 11) is 0. The Morgan fingerprint density at radius 3 is 2.39 bits per heavy atom. The lowest BCUT2D eigenvalue weighted by Gasteiger charge is -2.25. The van der Waals surface area contributed by atoms with Crippen LogP contribution < -0.4 is 10.5 Å². The molecule has 0 aliphatic rings. The quantitative estimate of drug-likeness (QED) is 0.613. The highest BCUT2D eigenvalue weighted by Gasteiger charge is 2.20. The monoisotopic (exact) mass is 253 g/mol. The molecule has 18 heavy (non-hydrogen) atoms. The molecule has 4 nitrogen and oxygen atoms in total. The van der Waals surface area contributed by atoms with Crippen molar-refractivity contribution in [3.63, 3.8) is 0 Å². The molecule has 0 aliphatic heterocycles. The molecule has 0 saturated heterocycles. The molecule has 0 saturated carbocycles. The van der Waals surface area contributed by atoms with Crippen molar-refractivity contribution in [1.29, 1.82) is 0 Å². The fourth-order valence-corrected chi connectivity index (χ4v) is 1.67. The summed E-state index contributed by atoms with van der Waals surface area (Å²) >= 11 is 0. The summed E-state index contributed by atoms with van der Waals surface area (Å²) in [5.74, 6) is 0.787. The molecule has 4 N–H and O–H groups in total. The zero-order valence-corrected chi connectivity index (χ0v) is 10.9. The van der Waals surface area contributed by atoms with Crippen LogP contribution in [0.3, 0.4) is 0 Å². The first-order valence-corrected chi connectivity index (χ1v) is 6.36. The van der Waals surface area contributed by atoms with Gasteiger partial charge in [0, 0.05) is 5.54 Å². The fraction of sp³-hybridized carbons (Fsp3) is 0.571. The van der Waals surface area contributed by atoms with Gasteiger partial charge in [-0.15, -0.1) is 0 Å². The topological polar surface area (TPSA) is 75.7 Å². The van der Waals surface area contributed by atoms with Crippen LogP contribution in [0.5, 0.6) is 5.75 Å². The van der Waals surface area contributed by atoms with E-state index in [1.807, 2.05) is 31.2 Å². The second-order valence-electron chi connectivity index (χ2n) is 4.63. The van der Waals surface area contributed by atoms with Crippen molar-refractivity contribution in [2.24, 2.45) is 5.73 Å². The van der Waals surface area contributed by atoms with Gasteiger partial charge in [0.1, 0.15) is 5.75 Å². The molecule has 1 rings (SSSR count). The van der Waals surface area contributed by atoms with Crippen LogP contribution >= 0.6 is 0 Å². The van der Waals surface area contributed by atoms with Crippen molar-refractivity contribution in [1.82, 2.24) is 0 Å². The van der Waals surface area contributed by atoms with Crippen molar-refractivity contribution in [2.45, 2.75) is 38.3 Å². The van der Waals surface area contributed by atoms with Gasteiger partial charge in [-0.2, -0.15) is 0 Å². The number of aliphatic hydroxyl groups excluding tert-OH is 2. The van der Waals surface area contributed by atoms with Crippen LogP contribution in [0.2, 0.25) is 0 Å². The van der Waals surface area contributed by atoms with E-state index >= 15 is 0 Å². The van der Waals surface area contributed by atoms with Crippen LogP contribution in [0.1, 0.15) is 31.7 Å². The van der Waals surface area contributed by atoms with Gasteiger partial charge in [-0.05, 0) is 37.0 Å². The van der Waals surface area contributed by atoms with Gasteiger partial charge in [0.15, 0.2) is 0 Å². The number of hydrogen-bond acceptors (Lipinski definition) is 4. The molecule has 0 fully saturated rings. The largest absolute Gasteiger partial charge is 0.494 e. The molecular formula is C14H23NO3. The summed E-state index contributed by atoms with van der Waals surface area (Å²) in [6.07, 6.45) is 2.32. The minimum absolute atomic E-state index is 0.00863. The third-order valence-electron chi connectivity index (χ3n) is 3.21. The second kappa shape index (κ2) is 7.36. The zero-order valence-electron chi connectivity index (χ0n) is 10.9. The molecule has 0 amide bonds. The highest BCUT2D eigenvalue weighted by molar-refractivity contribution is 5.26. The minimum Gasteiger partial charge on any atom is -0.494 e. The number of nitrogens with two attached hydrogens (primary N) is 1. The number of benzene rings is 1. The summed E-state index contributed by atoms with van der Waals surface area (Å²) < 4.78 is 5.57. The average molecular weight is 253 g/mol. The van der Waals surface area contributed by atoms with E-state index < -0.39 is 5.54 Å². The Hall–Kier alpha value is -1.10. The van der Waals surface area contributed by atoms with E-state index in [2.05, 4.69) is 0 Å². The Kier molecular flexibility index (Phi) is 6.12. The number of hydrogen-bond donors (Lipinski definition) is 3. The summed E-state index contributed by atoms with van der Waals surface area (Å²) in [5.41, 5.74) is 6.37. The molecule has 1 aromatic rings. The standard InChI is InChI=1S/C14H23NO3/c1-2-14(15,11-17)8-3-9-18-13-6-4-12(10-16)5-7-13/h4-7,16-17H,2-3,8-11,15H2,1H3. The summed E-state index contributed by atoms with van der Waals surface area (Å²) in [4.78, 5) is 0. The molecule has 102 valence electrons. The Morgan fingerprint density at radius 1 is 1.22 bits per heavy atom. The van der Waals surface area contributed by atoms with E-state index in [0.717, 1.165) is 30.6 Å². The van der Waals surface area contributed by atoms with Crippen molar-refractivity contribution >= 4 is 0 Å². The van der Waals surface area contributed by atoms with E-state index in [0.29, 0.717) is 6.61 Å². The number of ether oxygens (including phenoxy) is 1. The van der Waals surface area contributed by atoms with Gasteiger partial charge < -0.3 is 20.7 Å². The predicted octanol–water partition coefficient (Wildman–Crippen LogP) is 1.44. The zero-order chi connectivity index (χ0) is 13.4. The van der Waals surface area contributed by atoms with Gasteiger partial charge in [0.2, 0.25) is 0 Å². The van der Waals surface area contributed by atoms with Gasteiger partial charge in [0.05, 0.1) is 19.8 Å². The van der Waals surface area contributed by atoms with Crippen LogP contribution in [-0.4, -0.2) is 29.0 Å². The van der Waals surface area contributed by atoms with Crippen LogP contribution in [0, 0.1) is 0 Å². The maximum Gasteiger partial charge on any atom is 0.119 e. The maximum absolute atomic E-state index is 9.17. The van der Waals surface area contributed by atoms with Crippen LogP contribution in [0.15, 0.2) is 24.3 Å². The highest BCUT2D eigenvalue weighted by atomic mass is 16.5. The minimum atomic E-state index is -0.482. The van der Waals surface area contributed by atoms with Crippen LogP contribution in [-0.2, 0) is 6.61 Å². The van der Waals surface area contributed by atoms with E-state index in [1.165, 1.54) is 0 Å². The third-order valence-corrected chi connectivity index (χ3v) is 3.21. The number of aliphatic hydroxyl groups is 2. The number of rotatable bonds is 8. The average Bonchev–Trinajstić information content (AvgIpc) is 2.44. The molecule has 0 heterocycles. The molecule has 0 spiro atoms. The molecule has 1 unspecified atom stereocenters. The maximum atomic E-state index is 9.17. The second-order valence-corrected chi connectivity index (χ2v) is 4.63. The highest BCUT2D eigenvalue weighted by Crippen LogP contribution is 2.15. The van der Waals surface area contributed by atoms with Gasteiger partial charge in [-0.25, -0.2) is 0 Å². The Bertz CT molecular complexity index is 333. The fourth-order valence-electron chi connectivity index (χ4n) is 1.67. The van der Waals surface area contributed by atoms with E-state index in [1.54, 1.807) is 0 Å². The van der Waals surface area contributed by atoms with Crippen molar-refractivity contribution in [3.8, 4) is 5.75 Å². The Balaban J connectivity index is 2.29. The van der Waals surface area contributed by atoms with Crippen LogP contribution in [0.25, 0.3) is 0 Å². The Morgan fingerprint density at radius 2 is 1.89 bits per heavy atom. The van der Waals surface area contributed by atoms with Gasteiger partial charge in [-0.1, -0.05) is 19.1 Å². The third kappa shape index (κ3) is 4.64. The lowest BCUT2D eigenvalue weighted by molar-refractivity contribution is 0.171. The molecule has 0 aromatic heterocycles. The van der Waals surface area contributed by atoms with Crippen LogP contribution in [0.4, 0.5) is 0 Å². The van der Waals surface area contributed by atoms with E-state index in [9.17, 15) is 0 Å². The normalized spacial score (nSPS) is 14.2. The Labute approximate surface area is 108 Å². The van der Waals surface area contributed by atoms with Crippen molar-refractivity contribution in [2.75, 3.05) is 13.2 Å². The molecule has 0 aliphatic carbocycles. The molecule has 1 atom stereocenters. The molecule has 1 aromatic carbocycles. The molecule has 4 heteroatoms. The van der Waals surface area contributed by atoms with Gasteiger partial charge in [0.25, 0.3) is 0 Å². The van der Waals surface area contributed by atoms with Gasteiger partial charge in [-0.3, -0.25) is 0 Å². The van der Waals surface area contributed by atoms with Crippen molar-refractivity contribution < 1.29 is 14.9 Å². The predicted molar refractivity (Wildman–Crippen MR) is 71.4 cm³/mol. The van der Waals surface area contributed by atoms with Crippen molar-refractivity contribution in [3.05, 3.63) is 29.8 Å². The smallest absolute Gasteiger partial charge is 0.119 e. The summed E-state index contributed by atoms with van der Waals surface area (Å²) in [6.45, 7) is 2.61. The van der Waals surface area contributed by atoms with E-state index in [4.69, 9.17) is 20.7 Å². The summed E-state index contributed by atoms with van der Waals surface area (Å²) in [6, 6.07) is 7.35. The van der Waals surface area contributed by atoms with Gasteiger partial charge >= 0.3 is 0 Å². The molecule has 0 radical (unpaired) electrons. The lowest BCUT2D eigenvalue weighted by atomic mass is 9.93.